The Morgan fingerprint density at radius 2 is 2.05 bits per heavy atom. The lowest BCUT2D eigenvalue weighted by atomic mass is 10.1. The van der Waals surface area contributed by atoms with Crippen LogP contribution in [0.15, 0.2) is 20.7 Å². The van der Waals surface area contributed by atoms with Crippen molar-refractivity contribution in [1.82, 2.24) is 14.1 Å². The van der Waals surface area contributed by atoms with Crippen LogP contribution >= 0.6 is 11.8 Å². The number of aromatic nitrogens is 3. The van der Waals surface area contributed by atoms with Gasteiger partial charge in [0.2, 0.25) is 0 Å². The number of aryl methyl sites for hydroxylation is 2. The highest BCUT2D eigenvalue weighted by molar-refractivity contribution is 7.99. The minimum absolute atomic E-state index is 0.254. The lowest BCUT2D eigenvalue weighted by Crippen LogP contribution is -2.37. The van der Waals surface area contributed by atoms with Crippen LogP contribution in [-0.4, -0.2) is 19.9 Å². The molecular weight excluding hydrogens is 300 g/mol. The van der Waals surface area contributed by atoms with Crippen molar-refractivity contribution in [3.63, 3.8) is 0 Å². The first-order valence-corrected chi connectivity index (χ1v) is 8.08. The minimum Gasteiger partial charge on any atom is -0.280 e. The molecule has 22 heavy (non-hydrogen) atoms. The molecule has 0 saturated carbocycles. The average Bonchev–Trinajstić information content (AvgIpc) is 2.53. The summed E-state index contributed by atoms with van der Waals surface area (Å²) < 4.78 is 2.46. The van der Waals surface area contributed by atoms with Gasteiger partial charge >= 0.3 is 5.69 Å². The lowest BCUT2D eigenvalue weighted by Gasteiger charge is -2.13. The Hall–Kier alpha value is -2.07. The molecule has 0 spiro atoms. The third-order valence-corrected chi connectivity index (χ3v) is 4.60. The molecule has 7 heteroatoms. The normalized spacial score (nSPS) is 10.8. The molecule has 0 aliphatic carbocycles. The Morgan fingerprint density at radius 1 is 1.32 bits per heavy atom. The van der Waals surface area contributed by atoms with Gasteiger partial charge in [0, 0.05) is 25.2 Å². The number of unbranched alkanes of at least 4 members (excludes halogenated alkanes) is 1. The Labute approximate surface area is 132 Å². The summed E-state index contributed by atoms with van der Waals surface area (Å²) in [6.07, 6.45) is 4.54. The van der Waals surface area contributed by atoms with Gasteiger partial charge in [-0.1, -0.05) is 13.3 Å². The summed E-state index contributed by atoms with van der Waals surface area (Å²) >= 11 is 1.33. The maximum Gasteiger partial charge on any atom is 0.332 e. The molecule has 0 N–H and O–H groups in total. The van der Waals surface area contributed by atoms with Gasteiger partial charge in [0.05, 0.1) is 17.2 Å². The molecule has 0 aliphatic heterocycles. The molecular formula is C15H18N4O2S. The van der Waals surface area contributed by atoms with E-state index in [0.29, 0.717) is 11.0 Å². The van der Waals surface area contributed by atoms with Gasteiger partial charge in [-0.25, -0.2) is 9.78 Å². The van der Waals surface area contributed by atoms with E-state index in [-0.39, 0.29) is 11.3 Å². The first-order valence-electron chi connectivity index (χ1n) is 7.10. The van der Waals surface area contributed by atoms with Crippen LogP contribution in [-0.2, 0) is 20.5 Å². The highest BCUT2D eigenvalue weighted by Gasteiger charge is 2.17. The molecule has 2 rings (SSSR count). The van der Waals surface area contributed by atoms with Crippen LogP contribution in [0, 0.1) is 11.3 Å². The van der Waals surface area contributed by atoms with Crippen molar-refractivity contribution in [2.24, 2.45) is 14.1 Å². The Kier molecular flexibility index (Phi) is 5.03. The lowest BCUT2D eigenvalue weighted by molar-refractivity contribution is 0.703. The molecule has 2 heterocycles. The van der Waals surface area contributed by atoms with Crippen LogP contribution in [0.4, 0.5) is 0 Å². The Bertz CT molecular complexity index is 861. The number of rotatable bonds is 5. The Morgan fingerprint density at radius 3 is 2.68 bits per heavy atom. The molecule has 0 radical (unpaired) electrons. The highest BCUT2D eigenvalue weighted by atomic mass is 32.2. The minimum atomic E-state index is -0.400. The van der Waals surface area contributed by atoms with E-state index in [4.69, 9.17) is 5.26 Å². The predicted octanol–water partition coefficient (Wildman–Crippen LogP) is 1.59. The van der Waals surface area contributed by atoms with Crippen LogP contribution < -0.4 is 11.2 Å². The molecule has 0 aromatic carbocycles. The van der Waals surface area contributed by atoms with Crippen molar-refractivity contribution < 1.29 is 0 Å². The second-order valence-corrected chi connectivity index (χ2v) is 6.05. The van der Waals surface area contributed by atoms with Crippen LogP contribution in [0.2, 0.25) is 0 Å². The van der Waals surface area contributed by atoms with Crippen LogP contribution in [0.25, 0.3) is 11.0 Å². The van der Waals surface area contributed by atoms with E-state index in [1.54, 1.807) is 13.2 Å². The van der Waals surface area contributed by atoms with Crippen LogP contribution in [0.1, 0.15) is 25.3 Å². The highest BCUT2D eigenvalue weighted by Crippen LogP contribution is 2.28. The van der Waals surface area contributed by atoms with Crippen molar-refractivity contribution in [1.29, 1.82) is 5.26 Å². The summed E-state index contributed by atoms with van der Waals surface area (Å²) in [5, 5.41) is 9.29. The van der Waals surface area contributed by atoms with Crippen LogP contribution in [0.5, 0.6) is 0 Å². The third-order valence-electron chi connectivity index (χ3n) is 3.58. The first-order chi connectivity index (χ1) is 10.5. The van der Waals surface area contributed by atoms with Gasteiger partial charge < -0.3 is 0 Å². The van der Waals surface area contributed by atoms with Crippen molar-refractivity contribution >= 4 is 22.8 Å². The fraction of sp³-hybridized carbons (Fsp3) is 0.467. The van der Waals surface area contributed by atoms with Gasteiger partial charge in [-0.05, 0) is 18.4 Å². The SMILES string of the molecule is CCCCc1cnc2c(c1SCC#N)c(=O)n(C)c(=O)n2C. The molecule has 0 unspecified atom stereocenters. The summed E-state index contributed by atoms with van der Waals surface area (Å²) in [7, 11) is 3.06. The van der Waals surface area contributed by atoms with E-state index in [1.165, 1.54) is 23.4 Å². The maximum atomic E-state index is 12.5. The maximum absolute atomic E-state index is 12.5. The van der Waals surface area contributed by atoms with E-state index >= 15 is 0 Å². The number of pyridine rings is 1. The molecule has 0 atom stereocenters. The molecule has 6 nitrogen and oxygen atoms in total. The number of hydrogen-bond acceptors (Lipinski definition) is 5. The molecule has 0 bridgehead atoms. The van der Waals surface area contributed by atoms with Crippen molar-refractivity contribution in [2.75, 3.05) is 5.75 Å². The zero-order valence-corrected chi connectivity index (χ0v) is 13.7. The fourth-order valence-electron chi connectivity index (χ4n) is 2.36. The Balaban J connectivity index is 2.83. The first kappa shape index (κ1) is 16.3. The van der Waals surface area contributed by atoms with Gasteiger partial charge in [0.1, 0.15) is 5.65 Å². The number of nitrogens with zero attached hydrogens (tertiary/aromatic N) is 4. The molecule has 0 amide bonds. The molecule has 116 valence electrons. The number of hydrogen-bond donors (Lipinski definition) is 0. The average molecular weight is 318 g/mol. The molecule has 2 aromatic heterocycles. The molecule has 0 aliphatic rings. The molecule has 2 aromatic rings. The largest absolute Gasteiger partial charge is 0.332 e. The van der Waals surface area contributed by atoms with Gasteiger partial charge in [-0.15, -0.1) is 11.8 Å². The van der Waals surface area contributed by atoms with Crippen molar-refractivity contribution in [3.8, 4) is 6.07 Å². The molecule has 0 fully saturated rings. The van der Waals surface area contributed by atoms with Crippen LogP contribution in [0.3, 0.4) is 0 Å². The summed E-state index contributed by atoms with van der Waals surface area (Å²) in [6, 6.07) is 2.09. The summed E-state index contributed by atoms with van der Waals surface area (Å²) in [5.41, 5.74) is 0.575. The summed E-state index contributed by atoms with van der Waals surface area (Å²) in [5.74, 6) is 0.254. The quantitative estimate of drug-likeness (QED) is 0.782. The second-order valence-electron chi connectivity index (χ2n) is 5.07. The zero-order chi connectivity index (χ0) is 16.3. The number of fused-ring (bicyclic) bond motifs is 1. The van der Waals surface area contributed by atoms with Gasteiger partial charge in [-0.2, -0.15) is 5.26 Å². The van der Waals surface area contributed by atoms with Gasteiger partial charge in [0.25, 0.3) is 5.56 Å². The smallest absolute Gasteiger partial charge is 0.280 e. The van der Waals surface area contributed by atoms with E-state index in [0.717, 1.165) is 34.3 Å². The van der Waals surface area contributed by atoms with E-state index in [2.05, 4.69) is 18.0 Å². The second kappa shape index (κ2) is 6.79. The topological polar surface area (TPSA) is 80.7 Å². The van der Waals surface area contributed by atoms with Crippen molar-refractivity contribution in [2.45, 2.75) is 31.1 Å². The van der Waals surface area contributed by atoms with Gasteiger partial charge in [-0.3, -0.25) is 13.9 Å². The summed E-state index contributed by atoms with van der Waals surface area (Å²) in [6.45, 7) is 2.10. The third kappa shape index (κ3) is 2.79. The summed E-state index contributed by atoms with van der Waals surface area (Å²) in [4.78, 5) is 29.6. The number of nitriles is 1. The fourth-order valence-corrected chi connectivity index (χ4v) is 3.23. The number of thioether (sulfide) groups is 1. The van der Waals surface area contributed by atoms with E-state index in [1.807, 2.05) is 0 Å². The van der Waals surface area contributed by atoms with E-state index < -0.39 is 5.69 Å². The zero-order valence-electron chi connectivity index (χ0n) is 12.9. The molecule has 0 saturated heterocycles. The predicted molar refractivity (Wildman–Crippen MR) is 87.2 cm³/mol. The van der Waals surface area contributed by atoms with E-state index in [9.17, 15) is 9.59 Å². The standard InChI is InChI=1S/C15H18N4O2S/c1-4-5-6-10-9-17-13-11(12(10)22-8-7-16)14(20)19(3)15(21)18(13)2/h9H,4-6,8H2,1-3H3. The van der Waals surface area contributed by atoms with Crippen molar-refractivity contribution in [3.05, 3.63) is 32.6 Å². The monoisotopic (exact) mass is 318 g/mol. The van der Waals surface area contributed by atoms with Gasteiger partial charge in [0.15, 0.2) is 0 Å².